The van der Waals surface area contributed by atoms with Crippen molar-refractivity contribution in [2.75, 3.05) is 6.54 Å². The molecular weight excluding hydrogens is 306 g/mol. The number of hydrogen-bond acceptors (Lipinski definition) is 2. The maximum atomic E-state index is 3.77. The standard InChI is InChI=1S/C15H24BrNS/c1-3-8-17-15(13-9-18-10-14(13)16)12-6-4-11(2)5-7-12/h9-12,15,17H,3-8H2,1-2H3. The van der Waals surface area contributed by atoms with E-state index in [0.29, 0.717) is 6.04 Å². The predicted octanol–water partition coefficient (Wildman–Crippen LogP) is 5.38. The van der Waals surface area contributed by atoms with Gasteiger partial charge in [-0.1, -0.05) is 26.7 Å². The molecule has 0 aliphatic heterocycles. The van der Waals surface area contributed by atoms with Crippen molar-refractivity contribution in [2.45, 2.75) is 52.0 Å². The Morgan fingerprint density at radius 3 is 2.61 bits per heavy atom. The van der Waals surface area contributed by atoms with Gasteiger partial charge in [0.2, 0.25) is 0 Å². The Morgan fingerprint density at radius 2 is 2.06 bits per heavy atom. The Bertz CT molecular complexity index is 355. The van der Waals surface area contributed by atoms with Crippen LogP contribution < -0.4 is 5.32 Å². The van der Waals surface area contributed by atoms with E-state index in [2.05, 4.69) is 45.9 Å². The van der Waals surface area contributed by atoms with Gasteiger partial charge in [-0.3, -0.25) is 0 Å². The molecule has 1 fully saturated rings. The molecule has 1 saturated carbocycles. The molecule has 1 N–H and O–H groups in total. The number of rotatable bonds is 5. The van der Waals surface area contributed by atoms with Crippen LogP contribution in [0.3, 0.4) is 0 Å². The Balaban J connectivity index is 2.07. The monoisotopic (exact) mass is 329 g/mol. The molecule has 0 aromatic carbocycles. The molecule has 2 rings (SSSR count). The minimum atomic E-state index is 0.554. The minimum absolute atomic E-state index is 0.554. The van der Waals surface area contributed by atoms with Gasteiger partial charge in [0, 0.05) is 15.9 Å². The summed E-state index contributed by atoms with van der Waals surface area (Å²) in [6.45, 7) is 5.76. The van der Waals surface area contributed by atoms with E-state index in [-0.39, 0.29) is 0 Å². The first-order valence-electron chi connectivity index (χ1n) is 7.17. The van der Waals surface area contributed by atoms with Gasteiger partial charge in [-0.05, 0) is 64.5 Å². The second kappa shape index (κ2) is 7.06. The Kier molecular flexibility index (Phi) is 5.71. The fraction of sp³-hybridized carbons (Fsp3) is 0.733. The predicted molar refractivity (Wildman–Crippen MR) is 84.2 cm³/mol. The lowest BCUT2D eigenvalue weighted by atomic mass is 9.78. The van der Waals surface area contributed by atoms with Crippen LogP contribution in [-0.4, -0.2) is 6.54 Å². The van der Waals surface area contributed by atoms with E-state index in [0.717, 1.165) is 18.4 Å². The zero-order chi connectivity index (χ0) is 13.0. The summed E-state index contributed by atoms with van der Waals surface area (Å²) in [6, 6.07) is 0.554. The maximum absolute atomic E-state index is 3.77. The third-order valence-corrected chi connectivity index (χ3v) is 5.88. The van der Waals surface area contributed by atoms with Gasteiger partial charge in [-0.2, -0.15) is 11.3 Å². The molecule has 1 atom stereocenters. The molecule has 3 heteroatoms. The molecule has 1 aromatic heterocycles. The zero-order valence-electron chi connectivity index (χ0n) is 11.4. The van der Waals surface area contributed by atoms with E-state index in [1.165, 1.54) is 42.1 Å². The smallest absolute Gasteiger partial charge is 0.0368 e. The van der Waals surface area contributed by atoms with E-state index < -0.39 is 0 Å². The Morgan fingerprint density at radius 1 is 1.33 bits per heavy atom. The summed E-state index contributed by atoms with van der Waals surface area (Å²) < 4.78 is 1.29. The van der Waals surface area contributed by atoms with Gasteiger partial charge in [-0.15, -0.1) is 0 Å². The van der Waals surface area contributed by atoms with Gasteiger partial charge in [0.15, 0.2) is 0 Å². The number of thiophene rings is 1. The molecule has 102 valence electrons. The van der Waals surface area contributed by atoms with Gasteiger partial charge >= 0.3 is 0 Å². The fourth-order valence-electron chi connectivity index (χ4n) is 2.96. The highest BCUT2D eigenvalue weighted by atomic mass is 79.9. The van der Waals surface area contributed by atoms with Crippen molar-refractivity contribution in [2.24, 2.45) is 11.8 Å². The molecule has 18 heavy (non-hydrogen) atoms. The van der Waals surface area contributed by atoms with Crippen molar-refractivity contribution < 1.29 is 0 Å². The number of halogens is 1. The van der Waals surface area contributed by atoms with Crippen molar-refractivity contribution in [1.29, 1.82) is 0 Å². The van der Waals surface area contributed by atoms with Gasteiger partial charge in [0.25, 0.3) is 0 Å². The third-order valence-electron chi connectivity index (χ3n) is 4.12. The highest BCUT2D eigenvalue weighted by molar-refractivity contribution is 9.10. The molecule has 0 bridgehead atoms. The Hall–Kier alpha value is 0.140. The van der Waals surface area contributed by atoms with Crippen LogP contribution in [0.25, 0.3) is 0 Å². The van der Waals surface area contributed by atoms with Crippen LogP contribution in [0.4, 0.5) is 0 Å². The maximum Gasteiger partial charge on any atom is 0.0368 e. The molecule has 1 unspecified atom stereocenters. The van der Waals surface area contributed by atoms with E-state index in [9.17, 15) is 0 Å². The van der Waals surface area contributed by atoms with Crippen LogP contribution in [0, 0.1) is 11.8 Å². The average molecular weight is 330 g/mol. The number of nitrogens with one attached hydrogen (secondary N) is 1. The average Bonchev–Trinajstić information content (AvgIpc) is 2.78. The molecule has 1 aliphatic rings. The van der Waals surface area contributed by atoms with E-state index in [1.54, 1.807) is 11.3 Å². The summed E-state index contributed by atoms with van der Waals surface area (Å²) in [5.41, 5.74) is 1.48. The molecule has 1 nitrogen and oxygen atoms in total. The fourth-order valence-corrected chi connectivity index (χ4v) is 4.54. The molecule has 1 aliphatic carbocycles. The van der Waals surface area contributed by atoms with Crippen molar-refractivity contribution in [3.63, 3.8) is 0 Å². The number of hydrogen-bond donors (Lipinski definition) is 1. The van der Waals surface area contributed by atoms with Crippen molar-refractivity contribution >= 4 is 27.3 Å². The first-order chi connectivity index (χ1) is 8.72. The summed E-state index contributed by atoms with van der Waals surface area (Å²) in [5, 5.41) is 8.30. The van der Waals surface area contributed by atoms with Gasteiger partial charge in [0.05, 0.1) is 0 Å². The quantitative estimate of drug-likeness (QED) is 0.764. The molecule has 0 radical (unpaired) electrons. The summed E-state index contributed by atoms with van der Waals surface area (Å²) in [5.74, 6) is 1.75. The normalized spacial score (nSPS) is 26.2. The molecular formula is C15H24BrNS. The molecule has 1 aromatic rings. The van der Waals surface area contributed by atoms with Crippen LogP contribution in [0.2, 0.25) is 0 Å². The van der Waals surface area contributed by atoms with Crippen LogP contribution in [0.5, 0.6) is 0 Å². The van der Waals surface area contributed by atoms with E-state index >= 15 is 0 Å². The van der Waals surface area contributed by atoms with Crippen molar-refractivity contribution in [3.8, 4) is 0 Å². The summed E-state index contributed by atoms with van der Waals surface area (Å²) >= 11 is 5.51. The summed E-state index contributed by atoms with van der Waals surface area (Å²) in [7, 11) is 0. The van der Waals surface area contributed by atoms with Crippen LogP contribution in [0.15, 0.2) is 15.2 Å². The Labute approximate surface area is 123 Å². The molecule has 0 saturated heterocycles. The van der Waals surface area contributed by atoms with Crippen LogP contribution >= 0.6 is 27.3 Å². The van der Waals surface area contributed by atoms with E-state index in [1.807, 2.05) is 0 Å². The van der Waals surface area contributed by atoms with Crippen LogP contribution in [0.1, 0.15) is 57.6 Å². The van der Waals surface area contributed by atoms with E-state index in [4.69, 9.17) is 0 Å². The lowest BCUT2D eigenvalue weighted by Gasteiger charge is -2.33. The minimum Gasteiger partial charge on any atom is -0.310 e. The van der Waals surface area contributed by atoms with Gasteiger partial charge in [-0.25, -0.2) is 0 Å². The SMILES string of the molecule is CCCNC(c1cscc1Br)C1CCC(C)CC1. The highest BCUT2D eigenvalue weighted by Gasteiger charge is 2.28. The second-order valence-electron chi connectivity index (χ2n) is 5.63. The second-order valence-corrected chi connectivity index (χ2v) is 7.22. The molecule has 0 amide bonds. The highest BCUT2D eigenvalue weighted by Crippen LogP contribution is 2.39. The molecule has 1 heterocycles. The van der Waals surface area contributed by atoms with Crippen LogP contribution in [-0.2, 0) is 0 Å². The molecule has 0 spiro atoms. The summed E-state index contributed by atoms with van der Waals surface area (Å²) in [6.07, 6.45) is 6.77. The third kappa shape index (κ3) is 3.58. The lowest BCUT2D eigenvalue weighted by Crippen LogP contribution is -2.31. The van der Waals surface area contributed by atoms with Gasteiger partial charge < -0.3 is 5.32 Å². The van der Waals surface area contributed by atoms with Crippen molar-refractivity contribution in [1.82, 2.24) is 5.32 Å². The first kappa shape index (κ1) is 14.5. The largest absolute Gasteiger partial charge is 0.310 e. The lowest BCUT2D eigenvalue weighted by molar-refractivity contribution is 0.231. The van der Waals surface area contributed by atoms with Crippen molar-refractivity contribution in [3.05, 3.63) is 20.8 Å². The van der Waals surface area contributed by atoms with Gasteiger partial charge in [0.1, 0.15) is 0 Å². The first-order valence-corrected chi connectivity index (χ1v) is 8.91. The zero-order valence-corrected chi connectivity index (χ0v) is 13.8. The topological polar surface area (TPSA) is 12.0 Å². The summed E-state index contributed by atoms with van der Waals surface area (Å²) in [4.78, 5) is 0.